The van der Waals surface area contributed by atoms with Gasteiger partial charge in [-0.1, -0.05) is 143 Å². The summed E-state index contributed by atoms with van der Waals surface area (Å²) in [5.74, 6) is -3.35. The van der Waals surface area contributed by atoms with E-state index in [1.54, 1.807) is 0 Å². The number of methoxy groups -OCH3 is 1. The number of alkyl carbamates (subject to hydrolysis) is 1. The lowest BCUT2D eigenvalue weighted by atomic mass is 10.0. The van der Waals surface area contributed by atoms with E-state index >= 15 is 0 Å². The number of hydrogen-bond donors (Lipinski definition) is 7. The number of unbranched alkanes of at least 4 members (excludes halogenated alkanes) is 13. The Morgan fingerprint density at radius 2 is 1.12 bits per heavy atom. The fraction of sp³-hybridized carbons (Fsp3) is 0.724. The molecule has 0 saturated heterocycles. The summed E-state index contributed by atoms with van der Waals surface area (Å²) in [4.78, 5) is 106. The molecule has 6 amide bonds. The number of amides is 6. The second-order valence-corrected chi connectivity index (χ2v) is 23.1. The Hall–Kier alpha value is -4.27. The van der Waals surface area contributed by atoms with Crippen molar-refractivity contribution >= 4 is 82.0 Å². The van der Waals surface area contributed by atoms with Gasteiger partial charge in [0.1, 0.15) is 36.8 Å². The maximum atomic E-state index is 14.4. The molecule has 0 aromatic heterocycles. The van der Waals surface area contributed by atoms with Gasteiger partial charge in [0.15, 0.2) is 5.12 Å². The SMILES string of the molecule is C=CCOC(=O)NCCCC[C@@H](NC(=O)[C@@H](CSC(=O)CCCCCCCCCCCCCCC)NC(=O)[C@@H](CO)NC(=O)[C@@H](CCSC)NC(C)=O)C(=O)N[C@H](CSC/C=C(\C)CC/C=C(\C)CCC=C(C)C)C(=O)OC. The number of carbonyl (C=O) groups is 8. The highest BCUT2D eigenvalue weighted by Gasteiger charge is 2.33. The second kappa shape index (κ2) is 48.6. The first-order valence-electron chi connectivity index (χ1n) is 28.3. The van der Waals surface area contributed by atoms with Crippen molar-refractivity contribution < 1.29 is 52.9 Å². The number of ether oxygens (including phenoxy) is 2. The van der Waals surface area contributed by atoms with Crippen molar-refractivity contribution in [2.45, 2.75) is 213 Å². The molecule has 0 unspecified atom stereocenters. The summed E-state index contributed by atoms with van der Waals surface area (Å²) < 4.78 is 10.0. The molecular weight excluding hydrogens is 1050 g/mol. The molecule has 0 rings (SSSR count). The lowest BCUT2D eigenvalue weighted by molar-refractivity contribution is -0.144. The Morgan fingerprint density at radius 3 is 1.68 bits per heavy atom. The average Bonchev–Trinajstić information content (AvgIpc) is 3.40. The summed E-state index contributed by atoms with van der Waals surface area (Å²) in [6.45, 7) is 14.7. The third kappa shape index (κ3) is 40.0. The van der Waals surface area contributed by atoms with E-state index in [1.807, 2.05) is 6.26 Å². The maximum Gasteiger partial charge on any atom is 0.407 e. The predicted molar refractivity (Wildman–Crippen MR) is 321 cm³/mol. The highest BCUT2D eigenvalue weighted by atomic mass is 32.2. The van der Waals surface area contributed by atoms with Crippen LogP contribution in [0.3, 0.4) is 0 Å². The lowest BCUT2D eigenvalue weighted by Gasteiger charge is -2.26. The fourth-order valence-corrected chi connectivity index (χ4v) is 10.2. The monoisotopic (exact) mass is 1150 g/mol. The van der Waals surface area contributed by atoms with Crippen molar-refractivity contribution in [2.75, 3.05) is 56.1 Å². The zero-order valence-electron chi connectivity index (χ0n) is 48.7. The van der Waals surface area contributed by atoms with Crippen LogP contribution in [0.4, 0.5) is 4.79 Å². The topological polar surface area (TPSA) is 247 Å². The minimum absolute atomic E-state index is 0.0204. The van der Waals surface area contributed by atoms with E-state index < -0.39 is 78.4 Å². The molecule has 17 nitrogen and oxygen atoms in total. The third-order valence-corrected chi connectivity index (χ3v) is 15.2. The molecule has 0 aliphatic carbocycles. The third-order valence-electron chi connectivity index (χ3n) is 12.6. The summed E-state index contributed by atoms with van der Waals surface area (Å²) in [6.07, 6.45) is 29.2. The Morgan fingerprint density at radius 1 is 0.590 bits per heavy atom. The minimum Gasteiger partial charge on any atom is -0.467 e. The van der Waals surface area contributed by atoms with Crippen molar-refractivity contribution in [2.24, 2.45) is 0 Å². The van der Waals surface area contributed by atoms with Gasteiger partial charge in [-0.3, -0.25) is 28.8 Å². The molecule has 0 heterocycles. The zero-order chi connectivity index (χ0) is 58.4. The molecule has 7 N–H and O–H groups in total. The number of rotatable bonds is 47. The van der Waals surface area contributed by atoms with Gasteiger partial charge in [0.05, 0.1) is 13.7 Å². The summed E-state index contributed by atoms with van der Waals surface area (Å²) >= 11 is 3.74. The van der Waals surface area contributed by atoms with Crippen molar-refractivity contribution in [3.63, 3.8) is 0 Å². The maximum absolute atomic E-state index is 14.4. The van der Waals surface area contributed by atoms with Crippen LogP contribution in [-0.4, -0.2) is 138 Å². The molecule has 0 aromatic rings. The molecule has 5 atom stereocenters. The largest absolute Gasteiger partial charge is 0.467 e. The van der Waals surface area contributed by atoms with Gasteiger partial charge in [-0.25, -0.2) is 9.59 Å². The van der Waals surface area contributed by atoms with Crippen LogP contribution in [0, 0.1) is 0 Å². The fourth-order valence-electron chi connectivity index (χ4n) is 7.91. The molecule has 0 radical (unpaired) electrons. The van der Waals surface area contributed by atoms with Crippen LogP contribution in [0.5, 0.6) is 0 Å². The van der Waals surface area contributed by atoms with Crippen LogP contribution in [0.15, 0.2) is 47.6 Å². The minimum atomic E-state index is -1.55. The van der Waals surface area contributed by atoms with Crippen molar-refractivity contribution in [3.8, 4) is 0 Å². The van der Waals surface area contributed by atoms with E-state index in [9.17, 15) is 43.5 Å². The van der Waals surface area contributed by atoms with Gasteiger partial charge in [0.2, 0.25) is 29.5 Å². The van der Waals surface area contributed by atoms with Gasteiger partial charge in [-0.15, -0.1) is 0 Å². The van der Waals surface area contributed by atoms with E-state index in [0.717, 1.165) is 63.1 Å². The first kappa shape index (κ1) is 73.7. The van der Waals surface area contributed by atoms with Crippen LogP contribution >= 0.6 is 35.3 Å². The number of aliphatic hydroxyl groups excluding tert-OH is 1. The average molecular weight is 1150 g/mol. The summed E-state index contributed by atoms with van der Waals surface area (Å²) in [5, 5.41) is 25.8. The van der Waals surface area contributed by atoms with Crippen molar-refractivity contribution in [1.82, 2.24) is 31.9 Å². The first-order valence-corrected chi connectivity index (χ1v) is 31.8. The van der Waals surface area contributed by atoms with E-state index in [-0.39, 0.29) is 49.0 Å². The number of carbonyl (C=O) groups excluding carboxylic acids is 8. The van der Waals surface area contributed by atoms with Gasteiger partial charge < -0.3 is 46.5 Å². The molecule has 0 aromatic carbocycles. The molecule has 446 valence electrons. The number of esters is 1. The molecule has 0 fully saturated rings. The van der Waals surface area contributed by atoms with E-state index in [0.29, 0.717) is 30.8 Å². The molecular formula is C58H100N6O11S3. The van der Waals surface area contributed by atoms with E-state index in [1.165, 1.54) is 112 Å². The molecule has 0 spiro atoms. The van der Waals surface area contributed by atoms with Crippen LogP contribution < -0.4 is 31.9 Å². The Bertz CT molecular complexity index is 1860. The zero-order valence-corrected chi connectivity index (χ0v) is 51.1. The van der Waals surface area contributed by atoms with E-state index in [4.69, 9.17) is 9.47 Å². The highest BCUT2D eigenvalue weighted by Crippen LogP contribution is 2.18. The number of allylic oxidation sites excluding steroid dienone is 5. The molecule has 0 aliphatic rings. The molecule has 20 heteroatoms. The normalized spacial score (nSPS) is 13.4. The Balaban J connectivity index is 6.32. The van der Waals surface area contributed by atoms with Crippen molar-refractivity contribution in [3.05, 3.63) is 47.6 Å². The second-order valence-electron chi connectivity index (χ2n) is 20.0. The summed E-state index contributed by atoms with van der Waals surface area (Å²) in [5.41, 5.74) is 3.84. The van der Waals surface area contributed by atoms with Crippen LogP contribution in [-0.2, 0) is 43.0 Å². The lowest BCUT2D eigenvalue weighted by Crippen LogP contribution is -2.60. The summed E-state index contributed by atoms with van der Waals surface area (Å²) in [6, 6.07) is -6.34. The van der Waals surface area contributed by atoms with Crippen LogP contribution in [0.1, 0.15) is 183 Å². The number of thioether (sulfide) groups is 3. The number of aliphatic hydroxyl groups is 1. The molecule has 0 saturated carbocycles. The van der Waals surface area contributed by atoms with Crippen molar-refractivity contribution in [1.29, 1.82) is 0 Å². The Labute approximate surface area is 481 Å². The highest BCUT2D eigenvalue weighted by molar-refractivity contribution is 8.13. The predicted octanol–water partition coefficient (Wildman–Crippen LogP) is 9.32. The standard InChI is InChI=1S/C58H100N6O11S3/c1-10-12-13-14-15-16-17-18-19-20-21-22-23-33-52(67)78-42-50(63-55(70)49(40-65)62-54(69)48(35-38-76-9)60-46(7)66)56(71)61-47(32-24-25-36-59-58(73)75-37-11-2)53(68)64-51(57(72)74-8)41-77-39-34-45(6)31-27-30-44(5)29-26-28-43(3)4/h11,28,30,34,47-51,65H,2,10,12-27,29,31-33,35-42H2,1,3-9H3,(H,59,73)(H,60,66)(H,61,71)(H,62,69)(H,63,70)(H,64,68)/b44-30+,45-34+/t47-,48-,49-,50-,51-/m1/s1. The first-order chi connectivity index (χ1) is 37.4. The quantitative estimate of drug-likeness (QED) is 0.0171. The van der Waals surface area contributed by atoms with Gasteiger partial charge in [-0.05, 0) is 97.5 Å². The van der Waals surface area contributed by atoms with Gasteiger partial charge in [0, 0.05) is 37.1 Å². The van der Waals surface area contributed by atoms with Crippen LogP contribution in [0.2, 0.25) is 0 Å². The summed E-state index contributed by atoms with van der Waals surface area (Å²) in [7, 11) is 1.22. The van der Waals surface area contributed by atoms with E-state index in [2.05, 4.69) is 91.3 Å². The molecule has 78 heavy (non-hydrogen) atoms. The Kier molecular flexibility index (Phi) is 46.0. The van der Waals surface area contributed by atoms with Gasteiger partial charge in [0.25, 0.3) is 0 Å². The smallest absolute Gasteiger partial charge is 0.407 e. The van der Waals surface area contributed by atoms with Gasteiger partial charge in [-0.2, -0.15) is 23.5 Å². The molecule has 0 aliphatic heterocycles. The van der Waals surface area contributed by atoms with Crippen LogP contribution in [0.25, 0.3) is 0 Å². The number of nitrogens with one attached hydrogen (secondary N) is 6. The molecule has 0 bridgehead atoms. The van der Waals surface area contributed by atoms with Gasteiger partial charge >= 0.3 is 12.1 Å². The number of hydrogen-bond acceptors (Lipinski definition) is 14.